The molecule has 1 N–H and O–H groups in total. The first-order valence-corrected chi connectivity index (χ1v) is 7.57. The van der Waals surface area contributed by atoms with Crippen LogP contribution in [-0.4, -0.2) is 17.4 Å². The van der Waals surface area contributed by atoms with Crippen LogP contribution in [0.4, 0.5) is 24.5 Å². The molecule has 2 aromatic carbocycles. The lowest BCUT2D eigenvalue weighted by Gasteiger charge is -2.15. The van der Waals surface area contributed by atoms with Gasteiger partial charge >= 0.3 is 6.18 Å². The summed E-state index contributed by atoms with van der Waals surface area (Å²) < 4.78 is 44.0. The van der Waals surface area contributed by atoms with Crippen LogP contribution in [0.25, 0.3) is 0 Å². The SMILES string of the molecule is O=C(COc1ccc([N+](=O)[O-])cc1Cl)Nc1c(Cl)cccc1C(F)(F)F. The molecule has 0 spiro atoms. The van der Waals surface area contributed by atoms with Gasteiger partial charge in [0.1, 0.15) is 5.75 Å². The second kappa shape index (κ2) is 7.79. The van der Waals surface area contributed by atoms with E-state index in [9.17, 15) is 28.1 Å². The van der Waals surface area contributed by atoms with Gasteiger partial charge in [0.05, 0.1) is 26.2 Å². The van der Waals surface area contributed by atoms with E-state index in [-0.39, 0.29) is 21.5 Å². The van der Waals surface area contributed by atoms with Crippen molar-refractivity contribution in [3.8, 4) is 5.75 Å². The number of hydrogen-bond acceptors (Lipinski definition) is 4. The maximum atomic E-state index is 13.0. The van der Waals surface area contributed by atoms with Gasteiger partial charge in [0, 0.05) is 12.1 Å². The Morgan fingerprint density at radius 2 is 1.88 bits per heavy atom. The number of rotatable bonds is 5. The van der Waals surface area contributed by atoms with Crippen molar-refractivity contribution in [2.24, 2.45) is 0 Å². The highest BCUT2D eigenvalue weighted by molar-refractivity contribution is 6.34. The molecule has 2 aromatic rings. The Morgan fingerprint density at radius 3 is 2.46 bits per heavy atom. The zero-order chi connectivity index (χ0) is 19.5. The number of non-ortho nitro benzene ring substituents is 1. The minimum atomic E-state index is -4.71. The highest BCUT2D eigenvalue weighted by Gasteiger charge is 2.34. The van der Waals surface area contributed by atoms with Crippen molar-refractivity contribution in [2.45, 2.75) is 6.18 Å². The molecule has 138 valence electrons. The fraction of sp³-hybridized carbons (Fsp3) is 0.133. The standard InChI is InChI=1S/C15H9Cl2F3N2O4/c16-10-3-1-2-9(15(18,19)20)14(10)21-13(23)7-26-12-5-4-8(22(24)25)6-11(12)17/h1-6H,7H2,(H,21,23). The molecule has 0 bridgehead atoms. The van der Waals surface area contributed by atoms with Crippen LogP contribution >= 0.6 is 23.2 Å². The summed E-state index contributed by atoms with van der Waals surface area (Å²) in [5, 5.41) is 12.2. The van der Waals surface area contributed by atoms with Crippen LogP contribution in [0.1, 0.15) is 5.56 Å². The lowest BCUT2D eigenvalue weighted by molar-refractivity contribution is -0.384. The Labute approximate surface area is 154 Å². The number of anilines is 1. The summed E-state index contributed by atoms with van der Waals surface area (Å²) in [6, 6.07) is 6.37. The molecule has 6 nitrogen and oxygen atoms in total. The molecule has 1 amide bonds. The molecule has 0 fully saturated rings. The maximum absolute atomic E-state index is 13.0. The van der Waals surface area contributed by atoms with E-state index in [0.29, 0.717) is 0 Å². The first-order chi connectivity index (χ1) is 12.1. The lowest BCUT2D eigenvalue weighted by Crippen LogP contribution is -2.22. The van der Waals surface area contributed by atoms with Crippen molar-refractivity contribution in [3.05, 3.63) is 62.1 Å². The van der Waals surface area contributed by atoms with E-state index in [2.05, 4.69) is 0 Å². The maximum Gasteiger partial charge on any atom is 0.418 e. The Balaban J connectivity index is 2.10. The number of amides is 1. The molecule has 0 radical (unpaired) electrons. The number of nitro groups is 1. The topological polar surface area (TPSA) is 81.5 Å². The summed E-state index contributed by atoms with van der Waals surface area (Å²) in [7, 11) is 0. The Morgan fingerprint density at radius 1 is 1.19 bits per heavy atom. The lowest BCUT2D eigenvalue weighted by atomic mass is 10.1. The minimum Gasteiger partial charge on any atom is -0.482 e. The summed E-state index contributed by atoms with van der Waals surface area (Å²) >= 11 is 11.5. The van der Waals surface area contributed by atoms with Gasteiger partial charge in [-0.2, -0.15) is 13.2 Å². The molecule has 2 rings (SSSR count). The zero-order valence-electron chi connectivity index (χ0n) is 12.6. The first kappa shape index (κ1) is 19.8. The number of halogens is 5. The molecule has 0 heterocycles. The number of alkyl halides is 3. The highest BCUT2D eigenvalue weighted by Crippen LogP contribution is 2.38. The smallest absolute Gasteiger partial charge is 0.418 e. The number of benzene rings is 2. The Hall–Kier alpha value is -2.52. The zero-order valence-corrected chi connectivity index (χ0v) is 14.2. The predicted octanol–water partition coefficient (Wildman–Crippen LogP) is 4.94. The van der Waals surface area contributed by atoms with Crippen molar-refractivity contribution in [1.29, 1.82) is 0 Å². The van der Waals surface area contributed by atoms with Crippen LogP contribution in [0.15, 0.2) is 36.4 Å². The summed E-state index contributed by atoms with van der Waals surface area (Å²) in [5.41, 5.74) is -1.98. The molecule has 0 unspecified atom stereocenters. The number of carbonyl (C=O) groups excluding carboxylic acids is 1. The summed E-state index contributed by atoms with van der Waals surface area (Å²) in [4.78, 5) is 21.8. The van der Waals surface area contributed by atoms with Gasteiger partial charge in [-0.3, -0.25) is 14.9 Å². The van der Waals surface area contributed by atoms with Gasteiger partial charge in [0.25, 0.3) is 11.6 Å². The van der Waals surface area contributed by atoms with Crippen LogP contribution in [-0.2, 0) is 11.0 Å². The number of carbonyl (C=O) groups is 1. The van der Waals surface area contributed by atoms with Crippen LogP contribution in [0, 0.1) is 10.1 Å². The molecule has 11 heteroatoms. The van der Waals surface area contributed by atoms with E-state index in [4.69, 9.17) is 27.9 Å². The minimum absolute atomic E-state index is 0.0392. The van der Waals surface area contributed by atoms with Crippen molar-refractivity contribution in [1.82, 2.24) is 0 Å². The third kappa shape index (κ3) is 4.77. The van der Waals surface area contributed by atoms with Crippen LogP contribution in [0.2, 0.25) is 10.0 Å². The van der Waals surface area contributed by atoms with Gasteiger partial charge in [0.15, 0.2) is 6.61 Å². The van der Waals surface area contributed by atoms with Crippen LogP contribution in [0.3, 0.4) is 0 Å². The Kier molecular flexibility index (Phi) is 5.94. The third-order valence-corrected chi connectivity index (χ3v) is 3.68. The Bertz CT molecular complexity index is 859. The largest absolute Gasteiger partial charge is 0.482 e. The average Bonchev–Trinajstić information content (AvgIpc) is 2.54. The third-order valence-electron chi connectivity index (χ3n) is 3.07. The van der Waals surface area contributed by atoms with E-state index in [0.717, 1.165) is 24.3 Å². The number of ether oxygens (including phenoxy) is 1. The normalized spacial score (nSPS) is 11.1. The van der Waals surface area contributed by atoms with Gasteiger partial charge in [0.2, 0.25) is 0 Å². The first-order valence-electron chi connectivity index (χ1n) is 6.82. The summed E-state index contributed by atoms with van der Waals surface area (Å²) in [6.07, 6.45) is -4.71. The fourth-order valence-electron chi connectivity index (χ4n) is 1.93. The van der Waals surface area contributed by atoms with Gasteiger partial charge in [-0.05, 0) is 18.2 Å². The van der Waals surface area contributed by atoms with Gasteiger partial charge in [-0.25, -0.2) is 0 Å². The second-order valence-corrected chi connectivity index (χ2v) is 5.68. The van der Waals surface area contributed by atoms with Crippen molar-refractivity contribution in [3.63, 3.8) is 0 Å². The monoisotopic (exact) mass is 408 g/mol. The molecule has 0 saturated carbocycles. The van der Waals surface area contributed by atoms with Crippen LogP contribution in [0.5, 0.6) is 5.75 Å². The highest BCUT2D eigenvalue weighted by atomic mass is 35.5. The number of nitrogens with zero attached hydrogens (tertiary/aromatic N) is 1. The second-order valence-electron chi connectivity index (χ2n) is 4.87. The van der Waals surface area contributed by atoms with Crippen molar-refractivity contribution >= 4 is 40.5 Å². The molecular weight excluding hydrogens is 400 g/mol. The van der Waals surface area contributed by atoms with E-state index in [1.54, 1.807) is 0 Å². The molecule has 0 aliphatic carbocycles. The molecule has 26 heavy (non-hydrogen) atoms. The summed E-state index contributed by atoms with van der Waals surface area (Å²) in [5.74, 6) is -0.958. The van der Waals surface area contributed by atoms with E-state index >= 15 is 0 Å². The van der Waals surface area contributed by atoms with Crippen molar-refractivity contribution in [2.75, 3.05) is 11.9 Å². The summed E-state index contributed by atoms with van der Waals surface area (Å²) in [6.45, 7) is -0.681. The van der Waals surface area contributed by atoms with Gasteiger partial charge < -0.3 is 10.1 Å². The quantitative estimate of drug-likeness (QED) is 0.561. The molecular formula is C15H9Cl2F3N2O4. The fourth-order valence-corrected chi connectivity index (χ4v) is 2.38. The molecule has 0 atom stereocenters. The van der Waals surface area contributed by atoms with E-state index in [1.165, 1.54) is 12.1 Å². The molecule has 0 saturated heterocycles. The van der Waals surface area contributed by atoms with Gasteiger partial charge in [-0.15, -0.1) is 0 Å². The average molecular weight is 409 g/mol. The number of hydrogen-bond donors (Lipinski definition) is 1. The predicted molar refractivity (Wildman–Crippen MR) is 88.7 cm³/mol. The number of para-hydroxylation sites is 1. The number of nitro benzene ring substituents is 1. The molecule has 0 aromatic heterocycles. The van der Waals surface area contributed by atoms with Gasteiger partial charge in [-0.1, -0.05) is 29.3 Å². The number of nitrogens with one attached hydrogen (secondary N) is 1. The van der Waals surface area contributed by atoms with E-state index < -0.39 is 34.9 Å². The van der Waals surface area contributed by atoms with E-state index in [1.807, 2.05) is 5.32 Å². The van der Waals surface area contributed by atoms with Crippen molar-refractivity contribution < 1.29 is 27.6 Å². The van der Waals surface area contributed by atoms with Crippen LogP contribution < -0.4 is 10.1 Å². The molecule has 0 aliphatic heterocycles. The molecule has 0 aliphatic rings.